The number of halogens is 13. The summed E-state index contributed by atoms with van der Waals surface area (Å²) >= 11 is 4.87. The lowest BCUT2D eigenvalue weighted by Gasteiger charge is -2.54. The highest BCUT2D eigenvalue weighted by Gasteiger charge is 2.60. The van der Waals surface area contributed by atoms with Crippen molar-refractivity contribution < 1.29 is 129 Å². The van der Waals surface area contributed by atoms with Gasteiger partial charge in [-0.05, 0) is 133 Å². The quantitative estimate of drug-likeness (QED) is 0.0288. The van der Waals surface area contributed by atoms with Crippen molar-refractivity contribution in [2.75, 3.05) is 39.5 Å². The van der Waals surface area contributed by atoms with Crippen molar-refractivity contribution in [3.05, 3.63) is 285 Å². The minimum atomic E-state index is -5.09. The third-order valence-corrected chi connectivity index (χ3v) is 20.9. The van der Waals surface area contributed by atoms with Gasteiger partial charge in [-0.3, -0.25) is 19.4 Å². The van der Waals surface area contributed by atoms with Crippen LogP contribution in [0.4, 0.5) is 71.9 Å². The molecule has 0 saturated carbocycles. The summed E-state index contributed by atoms with van der Waals surface area (Å²) in [4.78, 5) is 105. The van der Waals surface area contributed by atoms with E-state index in [1.54, 1.807) is 146 Å². The van der Waals surface area contributed by atoms with Gasteiger partial charge < -0.3 is 43.2 Å². The van der Waals surface area contributed by atoms with Crippen LogP contribution in [0.2, 0.25) is 0 Å². The molecule has 5 amide bonds. The number of alkyl halides is 12. The topological polar surface area (TPSA) is 232 Å². The van der Waals surface area contributed by atoms with Gasteiger partial charge >= 0.3 is 60.4 Å². The summed E-state index contributed by atoms with van der Waals surface area (Å²) in [5.41, 5.74) is -8.34. The SMILES string of the molecule is C[C@@H](OC[C@@]1(c2ccccc2)CC[C@]2(CCC(=O)N2)CN1C(=O)OCc1ccccc1)c1cc(C(F)(F)F)cc(C(F)(F)F)c1.C[C@@H](OC[C@@]1(c2ccccc2)CC[C@]2(CCC(=O)N2C(=O)OCC(=O)OCc2ccccc2)CN1C(=O)OCc1ccccc1)c1cc(C(F)(F)F)cc(C(F)(F)F)c1.O=C(Cl)OCC(=O)OCc1ccccc1. The van der Waals surface area contributed by atoms with Gasteiger partial charge in [0.1, 0.15) is 26.4 Å². The van der Waals surface area contributed by atoms with Crippen molar-refractivity contribution in [2.45, 2.75) is 151 Å². The summed E-state index contributed by atoms with van der Waals surface area (Å²) < 4.78 is 208. The first-order chi connectivity index (χ1) is 56.4. The molecule has 0 bridgehead atoms. The highest BCUT2D eigenvalue weighted by Crippen LogP contribution is 2.51. The summed E-state index contributed by atoms with van der Waals surface area (Å²) in [6.45, 7) is 0.279. The lowest BCUT2D eigenvalue weighted by atomic mass is 9.73. The number of ether oxygens (including phenoxy) is 8. The third kappa shape index (κ3) is 23.7. The van der Waals surface area contributed by atoms with E-state index in [1.165, 1.54) is 23.6 Å². The van der Waals surface area contributed by atoms with Crippen molar-refractivity contribution >= 4 is 59.1 Å². The second-order valence-electron chi connectivity index (χ2n) is 28.8. The molecule has 4 aliphatic heterocycles. The van der Waals surface area contributed by atoms with E-state index in [2.05, 4.69) is 10.1 Å². The van der Waals surface area contributed by atoms with E-state index >= 15 is 0 Å². The molecule has 0 aromatic heterocycles. The summed E-state index contributed by atoms with van der Waals surface area (Å²) in [6, 6.07) is 55.5. The molecule has 8 aromatic carbocycles. The number of benzene rings is 8. The number of piperidine rings is 2. The maximum atomic E-state index is 14.4. The molecule has 632 valence electrons. The van der Waals surface area contributed by atoms with E-state index in [4.69, 9.17) is 44.8 Å². The van der Waals surface area contributed by atoms with E-state index in [-0.39, 0.29) is 108 Å². The molecule has 4 fully saturated rings. The summed E-state index contributed by atoms with van der Waals surface area (Å²) in [5, 5.41) is 3.01. The molecule has 4 saturated heterocycles. The number of nitrogens with zero attached hydrogens (tertiary/aromatic N) is 3. The normalized spacial score (nSPS) is 19.7. The number of likely N-dealkylation sites (tertiary alicyclic amines) is 3. The van der Waals surface area contributed by atoms with Crippen LogP contribution in [0, 0.1) is 0 Å². The second-order valence-corrected chi connectivity index (χ2v) is 29.1. The number of imide groups is 1. The molecule has 12 rings (SSSR count). The molecular formula is C86H81ClF12N4O16. The zero-order valence-electron chi connectivity index (χ0n) is 64.0. The monoisotopic (exact) mass is 1690 g/mol. The van der Waals surface area contributed by atoms with Crippen LogP contribution >= 0.6 is 11.6 Å². The highest BCUT2D eigenvalue weighted by molar-refractivity contribution is 6.61. The average Bonchev–Trinajstić information content (AvgIpc) is 1.71. The Bertz CT molecular complexity index is 4750. The molecule has 33 heteroatoms. The van der Waals surface area contributed by atoms with Gasteiger partial charge in [-0.25, -0.2) is 33.7 Å². The molecule has 0 aliphatic carbocycles. The van der Waals surface area contributed by atoms with E-state index < -0.39 is 148 Å². The predicted molar refractivity (Wildman–Crippen MR) is 403 cm³/mol. The number of nitrogens with one attached hydrogen (secondary N) is 1. The molecule has 2 spiro atoms. The second kappa shape index (κ2) is 38.9. The molecule has 4 aliphatic rings. The largest absolute Gasteiger partial charge is 0.458 e. The van der Waals surface area contributed by atoms with Crippen LogP contribution in [0.25, 0.3) is 0 Å². The maximum Gasteiger partial charge on any atom is 0.417 e. The first kappa shape index (κ1) is 89.8. The molecule has 20 nitrogen and oxygen atoms in total. The number of carbonyl (C=O) groups is 8. The molecule has 119 heavy (non-hydrogen) atoms. The number of amides is 5. The van der Waals surface area contributed by atoms with E-state index in [0.717, 1.165) is 16.0 Å². The highest BCUT2D eigenvalue weighted by atomic mass is 35.5. The Labute approximate surface area is 680 Å². The number of hydrogen-bond donors (Lipinski definition) is 1. The van der Waals surface area contributed by atoms with Gasteiger partial charge in [0.05, 0.1) is 69.8 Å². The third-order valence-electron chi connectivity index (χ3n) is 20.8. The number of carbonyl (C=O) groups excluding carboxylic acids is 8. The molecule has 0 unspecified atom stereocenters. The van der Waals surface area contributed by atoms with E-state index in [0.29, 0.717) is 59.4 Å². The van der Waals surface area contributed by atoms with Crippen molar-refractivity contribution in [1.82, 2.24) is 20.0 Å². The van der Waals surface area contributed by atoms with Crippen molar-refractivity contribution in [3.8, 4) is 0 Å². The van der Waals surface area contributed by atoms with Gasteiger partial charge in [-0.15, -0.1) is 0 Å². The van der Waals surface area contributed by atoms with Crippen LogP contribution in [-0.2, 0) is 119 Å². The molecule has 8 aromatic rings. The van der Waals surface area contributed by atoms with E-state index in [1.807, 2.05) is 36.4 Å². The summed E-state index contributed by atoms with van der Waals surface area (Å²) in [5.74, 6) is -2.26. The van der Waals surface area contributed by atoms with Gasteiger partial charge in [0.2, 0.25) is 11.8 Å². The Balaban J connectivity index is 0.000000218. The number of rotatable bonds is 22. The first-order valence-corrected chi connectivity index (χ1v) is 37.7. The van der Waals surface area contributed by atoms with Gasteiger partial charge in [0, 0.05) is 37.5 Å². The average molecular weight is 1690 g/mol. The number of esters is 2. The minimum absolute atomic E-state index is 0.0171. The zero-order chi connectivity index (χ0) is 86.0. The lowest BCUT2D eigenvalue weighted by Crippen LogP contribution is -2.66. The molecule has 6 atom stereocenters. The Morgan fingerprint density at radius 2 is 0.748 bits per heavy atom. The molecule has 1 N–H and O–H groups in total. The van der Waals surface area contributed by atoms with Crippen molar-refractivity contribution in [3.63, 3.8) is 0 Å². The summed E-state index contributed by atoms with van der Waals surface area (Å²) in [7, 11) is 0. The van der Waals surface area contributed by atoms with Crippen LogP contribution in [0.3, 0.4) is 0 Å². The zero-order valence-corrected chi connectivity index (χ0v) is 64.7. The molecule has 4 heterocycles. The summed E-state index contributed by atoms with van der Waals surface area (Å²) in [6.07, 6.45) is -24.0. The van der Waals surface area contributed by atoms with E-state index in [9.17, 15) is 91.0 Å². The lowest BCUT2D eigenvalue weighted by molar-refractivity contribution is -0.150. The Morgan fingerprint density at radius 3 is 1.10 bits per heavy atom. The minimum Gasteiger partial charge on any atom is -0.458 e. The predicted octanol–water partition coefficient (Wildman–Crippen LogP) is 19.3. The fourth-order valence-corrected chi connectivity index (χ4v) is 14.5. The van der Waals surface area contributed by atoms with Crippen LogP contribution < -0.4 is 5.32 Å². The standard InChI is InChI=1S/C43H40F6N2O8.C33H32F6N2O4.C10H9ClO4/c1-29(32-21-34(42(44,45)46)23-35(22-32)43(47,48)49)59-28-41(33-15-9-4-10-16-33)20-19-40(27-50(41)38(54)57-25-31-13-7-3-8-14-31)18-17-36(52)51(40)39(55)58-26-37(53)56-24-30-11-5-2-6-12-30;1-22(24-16-26(32(34,35)36)18-27(17-24)33(37,38)39)45-21-31(25-10-6-3-7-11-25)15-14-30(13-12-28(42)40-30)20-41(31)29(43)44-19-23-8-4-2-5-9-23;11-10(13)15-7-9(12)14-6-8-4-2-1-3-5-8/h2-16,21-23,29H,17-20,24-28H2,1H3;2-11,16-18,22H,12-15,19-21H2,1H3,(H,40,42);1-5H,6-7H2/t29-,40-,41-;22-,30-,31-;/m11./s1. The van der Waals surface area contributed by atoms with Gasteiger partial charge in [0.15, 0.2) is 13.2 Å². The number of hydrogen-bond acceptors (Lipinski definition) is 16. The fraction of sp³-hybridized carbons (Fsp3) is 0.349. The fourth-order valence-electron chi connectivity index (χ4n) is 14.4. The van der Waals surface area contributed by atoms with Crippen LogP contribution in [-0.4, -0.2) is 113 Å². The molecular weight excluding hydrogens is 1610 g/mol. The Morgan fingerprint density at radius 1 is 0.403 bits per heavy atom. The van der Waals surface area contributed by atoms with Crippen LogP contribution in [0.5, 0.6) is 0 Å². The smallest absolute Gasteiger partial charge is 0.417 e. The maximum absolute atomic E-state index is 14.4. The van der Waals surface area contributed by atoms with Crippen LogP contribution in [0.1, 0.15) is 144 Å². The van der Waals surface area contributed by atoms with Gasteiger partial charge in [-0.2, -0.15) is 52.7 Å². The van der Waals surface area contributed by atoms with Crippen LogP contribution in [0.15, 0.2) is 218 Å². The van der Waals surface area contributed by atoms with Gasteiger partial charge in [0.25, 0.3) is 0 Å². The van der Waals surface area contributed by atoms with Crippen molar-refractivity contribution in [2.24, 2.45) is 0 Å². The molecule has 0 radical (unpaired) electrons. The Hall–Kier alpha value is -11.5. The first-order valence-electron chi connectivity index (χ1n) is 37.3. The Kier molecular flexibility index (Phi) is 29.4. The van der Waals surface area contributed by atoms with Crippen molar-refractivity contribution in [1.29, 1.82) is 0 Å². The van der Waals surface area contributed by atoms with Gasteiger partial charge in [-0.1, -0.05) is 182 Å².